The van der Waals surface area contributed by atoms with Crippen molar-refractivity contribution in [3.8, 4) is 0 Å². The Morgan fingerprint density at radius 3 is 3.00 bits per heavy atom. The van der Waals surface area contributed by atoms with Crippen LogP contribution in [-0.2, 0) is 0 Å². The van der Waals surface area contributed by atoms with E-state index in [1.807, 2.05) is 0 Å². The van der Waals surface area contributed by atoms with Crippen LogP contribution in [0.5, 0.6) is 0 Å². The van der Waals surface area contributed by atoms with E-state index < -0.39 is 0 Å². The number of rotatable bonds is 0. The smallest absolute Gasteiger partial charge is 0.0803 e. The van der Waals surface area contributed by atoms with Crippen LogP contribution in [0, 0.1) is 0 Å². The summed E-state index contributed by atoms with van der Waals surface area (Å²) in [5.41, 5.74) is 0. The highest BCUT2D eigenvalue weighted by molar-refractivity contribution is 4.97. The number of nitrogens with zero attached hydrogens (tertiary/aromatic N) is 1. The normalized spacial score (nSPS) is 35.2. The molecule has 0 aliphatic carbocycles. The van der Waals surface area contributed by atoms with Gasteiger partial charge in [-0.3, -0.25) is 4.90 Å². The van der Waals surface area contributed by atoms with Crippen molar-refractivity contribution in [1.29, 1.82) is 0 Å². The molecule has 1 saturated heterocycles. The van der Waals surface area contributed by atoms with Crippen LogP contribution in [0.4, 0.5) is 0 Å². The molecule has 2 aliphatic heterocycles. The van der Waals surface area contributed by atoms with Crippen LogP contribution in [0.25, 0.3) is 0 Å². The number of fused-ring (bicyclic) bond motifs is 1. The summed E-state index contributed by atoms with van der Waals surface area (Å²) >= 11 is 0. The van der Waals surface area contributed by atoms with Gasteiger partial charge in [0.1, 0.15) is 0 Å². The topological polar surface area (TPSA) is 15.3 Å². The fourth-order valence-electron chi connectivity index (χ4n) is 1.22. The maximum atomic E-state index is 3.26. The first kappa shape index (κ1) is 4.39. The predicted octanol–water partition coefficient (Wildman–Crippen LogP) is 0.135. The zero-order valence-corrected chi connectivity index (χ0v) is 4.80. The summed E-state index contributed by atoms with van der Waals surface area (Å²) < 4.78 is 0. The molecule has 44 valence electrons. The maximum absolute atomic E-state index is 3.26. The summed E-state index contributed by atoms with van der Waals surface area (Å²) in [5, 5.41) is 3.26. The molecule has 0 aromatic heterocycles. The van der Waals surface area contributed by atoms with Crippen molar-refractivity contribution in [3.05, 3.63) is 12.3 Å². The number of hydrogen-bond acceptors (Lipinski definition) is 2. The van der Waals surface area contributed by atoms with E-state index >= 15 is 0 Å². The summed E-state index contributed by atoms with van der Waals surface area (Å²) in [5.74, 6) is 0. The second-order valence-corrected chi connectivity index (χ2v) is 2.37. The first-order valence-corrected chi connectivity index (χ1v) is 3.12. The SMILES string of the molecule is C1=CNC2CCN2C1. The molecule has 2 heterocycles. The lowest BCUT2D eigenvalue weighted by atomic mass is 10.1. The molecule has 8 heavy (non-hydrogen) atoms. The Labute approximate surface area is 49.2 Å². The highest BCUT2D eigenvalue weighted by Crippen LogP contribution is 2.15. The Morgan fingerprint density at radius 1 is 1.62 bits per heavy atom. The molecule has 0 radical (unpaired) electrons. The van der Waals surface area contributed by atoms with Gasteiger partial charge in [-0.05, 0) is 12.6 Å². The summed E-state index contributed by atoms with van der Waals surface area (Å²) in [4.78, 5) is 2.42. The van der Waals surface area contributed by atoms with Gasteiger partial charge in [-0.15, -0.1) is 0 Å². The molecule has 2 rings (SSSR count). The molecule has 2 nitrogen and oxygen atoms in total. The molecule has 0 aromatic rings. The van der Waals surface area contributed by atoms with Crippen molar-refractivity contribution < 1.29 is 0 Å². The second-order valence-electron chi connectivity index (χ2n) is 2.37. The van der Waals surface area contributed by atoms with Crippen molar-refractivity contribution in [2.45, 2.75) is 12.6 Å². The average molecular weight is 110 g/mol. The monoisotopic (exact) mass is 110 g/mol. The largest absolute Gasteiger partial charge is 0.376 e. The Balaban J connectivity index is 2.05. The third kappa shape index (κ3) is 0.464. The van der Waals surface area contributed by atoms with Gasteiger partial charge in [0.15, 0.2) is 0 Å². The van der Waals surface area contributed by atoms with E-state index in [4.69, 9.17) is 0 Å². The maximum Gasteiger partial charge on any atom is 0.0803 e. The van der Waals surface area contributed by atoms with Crippen LogP contribution in [0.3, 0.4) is 0 Å². The number of nitrogens with one attached hydrogen (secondary N) is 1. The molecule has 0 bridgehead atoms. The van der Waals surface area contributed by atoms with Crippen molar-refractivity contribution >= 4 is 0 Å². The Kier molecular flexibility index (Phi) is 0.815. The van der Waals surface area contributed by atoms with Crippen molar-refractivity contribution in [1.82, 2.24) is 10.2 Å². The molecule has 0 aromatic carbocycles. The standard InChI is InChI=1S/C6H10N2/c1-3-7-6-2-5-8(6)4-1/h1,3,6-7H,2,4-5H2. The molecule has 1 N–H and O–H groups in total. The summed E-state index contributed by atoms with van der Waals surface area (Å²) in [6.45, 7) is 2.43. The molecular weight excluding hydrogens is 100 g/mol. The fourth-order valence-corrected chi connectivity index (χ4v) is 1.22. The predicted molar refractivity (Wildman–Crippen MR) is 32.3 cm³/mol. The van der Waals surface area contributed by atoms with Gasteiger partial charge in [0.25, 0.3) is 0 Å². The van der Waals surface area contributed by atoms with Gasteiger partial charge in [-0.2, -0.15) is 0 Å². The molecule has 1 atom stereocenters. The quantitative estimate of drug-likeness (QED) is 0.477. The van der Waals surface area contributed by atoms with Crippen molar-refractivity contribution in [2.24, 2.45) is 0 Å². The van der Waals surface area contributed by atoms with E-state index in [2.05, 4.69) is 22.5 Å². The lowest BCUT2D eigenvalue weighted by Crippen LogP contribution is -2.56. The first-order chi connectivity index (χ1) is 3.97. The summed E-state index contributed by atoms with van der Waals surface area (Å²) in [7, 11) is 0. The summed E-state index contributed by atoms with van der Waals surface area (Å²) in [6, 6.07) is 0. The van der Waals surface area contributed by atoms with E-state index in [1.54, 1.807) is 0 Å². The minimum atomic E-state index is 0.681. The van der Waals surface area contributed by atoms with E-state index in [1.165, 1.54) is 13.0 Å². The average Bonchev–Trinajstić information content (AvgIpc) is 1.72. The lowest BCUT2D eigenvalue weighted by molar-refractivity contribution is 0.0812. The molecule has 0 amide bonds. The minimum Gasteiger partial charge on any atom is -0.376 e. The van der Waals surface area contributed by atoms with Crippen LogP contribution in [0.1, 0.15) is 6.42 Å². The zero-order chi connectivity index (χ0) is 5.40. The third-order valence-electron chi connectivity index (χ3n) is 1.88. The van der Waals surface area contributed by atoms with Gasteiger partial charge in [0.05, 0.1) is 6.17 Å². The van der Waals surface area contributed by atoms with E-state index in [0.717, 1.165) is 6.54 Å². The Morgan fingerprint density at radius 2 is 2.62 bits per heavy atom. The minimum absolute atomic E-state index is 0.681. The van der Waals surface area contributed by atoms with Crippen LogP contribution in [0.2, 0.25) is 0 Å². The fraction of sp³-hybridized carbons (Fsp3) is 0.667. The van der Waals surface area contributed by atoms with Crippen molar-refractivity contribution in [2.75, 3.05) is 13.1 Å². The molecule has 2 aliphatic rings. The lowest BCUT2D eigenvalue weighted by Gasteiger charge is -2.42. The second kappa shape index (κ2) is 1.49. The summed E-state index contributed by atoms with van der Waals surface area (Å²) in [6.07, 6.45) is 6.22. The van der Waals surface area contributed by atoms with Crippen LogP contribution in [-0.4, -0.2) is 24.2 Å². The highest BCUT2D eigenvalue weighted by atomic mass is 15.3. The van der Waals surface area contributed by atoms with Crippen LogP contribution >= 0.6 is 0 Å². The van der Waals surface area contributed by atoms with E-state index in [0.29, 0.717) is 6.17 Å². The van der Waals surface area contributed by atoms with E-state index in [9.17, 15) is 0 Å². The molecular formula is C6H10N2. The van der Waals surface area contributed by atoms with Gasteiger partial charge in [-0.25, -0.2) is 0 Å². The Bertz CT molecular complexity index is 106. The molecule has 2 heteroatoms. The van der Waals surface area contributed by atoms with Gasteiger partial charge < -0.3 is 5.32 Å². The Hall–Kier alpha value is -0.500. The first-order valence-electron chi connectivity index (χ1n) is 3.12. The molecule has 1 fully saturated rings. The highest BCUT2D eigenvalue weighted by Gasteiger charge is 2.26. The van der Waals surface area contributed by atoms with Gasteiger partial charge >= 0.3 is 0 Å². The molecule has 1 unspecified atom stereocenters. The van der Waals surface area contributed by atoms with Gasteiger partial charge in [0.2, 0.25) is 0 Å². The van der Waals surface area contributed by atoms with Crippen LogP contribution < -0.4 is 5.32 Å². The van der Waals surface area contributed by atoms with Crippen LogP contribution in [0.15, 0.2) is 12.3 Å². The number of hydrogen-bond donors (Lipinski definition) is 1. The molecule has 0 saturated carbocycles. The van der Waals surface area contributed by atoms with E-state index in [-0.39, 0.29) is 0 Å². The van der Waals surface area contributed by atoms with Gasteiger partial charge in [-0.1, -0.05) is 6.08 Å². The van der Waals surface area contributed by atoms with Crippen molar-refractivity contribution in [3.63, 3.8) is 0 Å². The zero-order valence-electron chi connectivity index (χ0n) is 4.80. The molecule has 0 spiro atoms. The third-order valence-corrected chi connectivity index (χ3v) is 1.88. The van der Waals surface area contributed by atoms with Gasteiger partial charge in [0, 0.05) is 13.1 Å².